The number of anilines is 1. The Kier molecular flexibility index (Phi) is 6.45. The molecule has 0 aliphatic carbocycles. The monoisotopic (exact) mass is 488 g/mol. The van der Waals surface area contributed by atoms with Gasteiger partial charge >= 0.3 is 11.9 Å². The molecule has 9 nitrogen and oxygen atoms in total. The molecule has 2 heterocycles. The normalized spacial score (nSPS) is 14.4. The van der Waals surface area contributed by atoms with Gasteiger partial charge in [0.1, 0.15) is 12.4 Å². The average molecular weight is 489 g/mol. The molecule has 172 valence electrons. The predicted octanol–water partition coefficient (Wildman–Crippen LogP) is 2.66. The van der Waals surface area contributed by atoms with E-state index in [1.165, 1.54) is 19.1 Å². The summed E-state index contributed by atoms with van der Waals surface area (Å²) >= 11 is 1.04. The van der Waals surface area contributed by atoms with E-state index < -0.39 is 21.8 Å². The van der Waals surface area contributed by atoms with Crippen LogP contribution in [0.5, 0.6) is 0 Å². The number of fused-ring (bicyclic) bond motifs is 1. The molecule has 0 N–H and O–H groups in total. The van der Waals surface area contributed by atoms with Gasteiger partial charge in [0.2, 0.25) is 14.2 Å². The maximum absolute atomic E-state index is 12.9. The first-order valence-electron chi connectivity index (χ1n) is 9.76. The minimum absolute atomic E-state index is 0.00555. The van der Waals surface area contributed by atoms with Crippen LogP contribution in [0.3, 0.4) is 0 Å². The van der Waals surface area contributed by atoms with E-state index in [9.17, 15) is 18.0 Å². The summed E-state index contributed by atoms with van der Waals surface area (Å²) in [6.07, 6.45) is 0. The van der Waals surface area contributed by atoms with Crippen LogP contribution in [0.25, 0.3) is 10.2 Å². The van der Waals surface area contributed by atoms with Crippen molar-refractivity contribution in [2.75, 3.05) is 32.5 Å². The molecule has 0 spiro atoms. The number of aromatic nitrogens is 1. The molecule has 0 unspecified atom stereocenters. The van der Waals surface area contributed by atoms with Crippen molar-refractivity contribution in [1.82, 2.24) is 4.98 Å². The second-order valence-corrected chi connectivity index (χ2v) is 10.3. The van der Waals surface area contributed by atoms with E-state index in [1.54, 1.807) is 42.5 Å². The van der Waals surface area contributed by atoms with Crippen molar-refractivity contribution in [3.8, 4) is 0 Å². The van der Waals surface area contributed by atoms with Crippen LogP contribution < -0.4 is 4.90 Å². The van der Waals surface area contributed by atoms with Gasteiger partial charge in [-0.1, -0.05) is 30.3 Å². The maximum atomic E-state index is 12.9. The number of thiazole rings is 1. The summed E-state index contributed by atoms with van der Waals surface area (Å²) in [4.78, 5) is 30.4. The van der Waals surface area contributed by atoms with E-state index in [0.29, 0.717) is 21.5 Å². The summed E-state index contributed by atoms with van der Waals surface area (Å²) in [6.45, 7) is -0.104. The Bertz CT molecular complexity index is 1350. The van der Waals surface area contributed by atoms with Crippen LogP contribution in [0, 0.1) is 0 Å². The third kappa shape index (κ3) is 4.61. The quantitative estimate of drug-likeness (QED) is 0.483. The van der Waals surface area contributed by atoms with Gasteiger partial charge in [-0.15, -0.1) is 11.3 Å². The summed E-state index contributed by atoms with van der Waals surface area (Å²) in [5.74, 6) is -1.57. The molecule has 0 amide bonds. The molecule has 11 heteroatoms. The maximum Gasteiger partial charge on any atom is 0.355 e. The Morgan fingerprint density at radius 2 is 1.82 bits per heavy atom. The van der Waals surface area contributed by atoms with E-state index in [0.717, 1.165) is 11.3 Å². The highest BCUT2D eigenvalue weighted by atomic mass is 32.2. The van der Waals surface area contributed by atoms with Crippen molar-refractivity contribution in [3.63, 3.8) is 0 Å². The van der Waals surface area contributed by atoms with Crippen LogP contribution in [-0.4, -0.2) is 52.9 Å². The highest BCUT2D eigenvalue weighted by Crippen LogP contribution is 2.33. The zero-order chi connectivity index (χ0) is 23.6. The molecule has 4 rings (SSSR count). The largest absolute Gasteiger partial charge is 0.466 e. The lowest BCUT2D eigenvalue weighted by Gasteiger charge is -2.31. The Balaban J connectivity index is 1.72. The van der Waals surface area contributed by atoms with E-state index in [1.807, 2.05) is 6.07 Å². The number of hydrogen-bond donors (Lipinski definition) is 0. The first-order chi connectivity index (χ1) is 15.8. The van der Waals surface area contributed by atoms with E-state index in [2.05, 4.69) is 4.98 Å². The molecule has 0 fully saturated rings. The molecule has 2 aromatic carbocycles. The van der Waals surface area contributed by atoms with Crippen LogP contribution in [0.2, 0.25) is 0 Å². The fourth-order valence-corrected chi connectivity index (χ4v) is 6.07. The molecular formula is C22H20N2O7S2. The molecule has 0 bridgehead atoms. The fraction of sp³-hybridized carbons (Fsp3) is 0.227. The second-order valence-electron chi connectivity index (χ2n) is 7.09. The molecule has 0 saturated heterocycles. The lowest BCUT2D eigenvalue weighted by atomic mass is 10.1. The van der Waals surface area contributed by atoms with Crippen molar-refractivity contribution in [1.29, 1.82) is 0 Å². The van der Waals surface area contributed by atoms with Gasteiger partial charge in [0, 0.05) is 5.69 Å². The van der Waals surface area contributed by atoms with Gasteiger partial charge in [-0.2, -0.15) is 0 Å². The van der Waals surface area contributed by atoms with Crippen LogP contribution in [0.4, 0.5) is 5.69 Å². The Labute approximate surface area is 194 Å². The molecule has 1 aliphatic heterocycles. The van der Waals surface area contributed by atoms with Crippen molar-refractivity contribution in [2.45, 2.75) is 10.1 Å². The summed E-state index contributed by atoms with van der Waals surface area (Å²) < 4.78 is 41.5. The molecule has 1 aliphatic rings. The van der Waals surface area contributed by atoms with Gasteiger partial charge in [-0.25, -0.2) is 23.0 Å². The summed E-state index contributed by atoms with van der Waals surface area (Å²) in [6, 6.07) is 13.9. The highest BCUT2D eigenvalue weighted by Gasteiger charge is 2.32. The molecule has 33 heavy (non-hydrogen) atoms. The molecule has 3 aromatic rings. The summed E-state index contributed by atoms with van der Waals surface area (Å²) in [5.41, 5.74) is 1.73. The number of rotatable bonds is 6. The van der Waals surface area contributed by atoms with Gasteiger partial charge < -0.3 is 19.1 Å². The summed E-state index contributed by atoms with van der Waals surface area (Å²) in [5, 5.41) is 0. The average Bonchev–Trinajstić information content (AvgIpc) is 3.27. The second kappa shape index (κ2) is 9.30. The van der Waals surface area contributed by atoms with Crippen molar-refractivity contribution in [3.05, 3.63) is 65.4 Å². The summed E-state index contributed by atoms with van der Waals surface area (Å²) in [7, 11) is -1.21. The van der Waals surface area contributed by atoms with Crippen molar-refractivity contribution in [2.24, 2.45) is 0 Å². The Hall–Kier alpha value is -3.28. The van der Waals surface area contributed by atoms with Crippen LogP contribution in [0.1, 0.15) is 5.56 Å². The fourth-order valence-electron chi connectivity index (χ4n) is 3.40. The van der Waals surface area contributed by atoms with Gasteiger partial charge in [0.15, 0.2) is 0 Å². The van der Waals surface area contributed by atoms with Crippen molar-refractivity contribution >= 4 is 49.0 Å². The third-order valence-corrected chi connectivity index (χ3v) is 8.12. The SMILES string of the molecule is COC(=O)C1=C(C(=O)OC)N(c2ccc3nc(S(=O)(=O)Cc4ccccc4)sc3c2)COC1. The number of ether oxygens (including phenoxy) is 3. The topological polar surface area (TPSA) is 112 Å². The number of esters is 2. The third-order valence-electron chi connectivity index (χ3n) is 4.96. The number of hydrogen-bond acceptors (Lipinski definition) is 10. The van der Waals surface area contributed by atoms with Gasteiger partial charge in [0.05, 0.1) is 42.4 Å². The number of carbonyl (C=O) groups excluding carboxylic acids is 2. The van der Waals surface area contributed by atoms with E-state index in [-0.39, 0.29) is 34.7 Å². The van der Waals surface area contributed by atoms with Gasteiger partial charge in [-0.3, -0.25) is 0 Å². The molecule has 0 atom stereocenters. The lowest BCUT2D eigenvalue weighted by Crippen LogP contribution is -2.38. The van der Waals surface area contributed by atoms with Crippen LogP contribution in [0.15, 0.2) is 64.1 Å². The van der Waals surface area contributed by atoms with E-state index in [4.69, 9.17) is 14.2 Å². The number of benzene rings is 2. The minimum Gasteiger partial charge on any atom is -0.466 e. The van der Waals surface area contributed by atoms with Crippen molar-refractivity contribution < 1.29 is 32.2 Å². The standard InChI is InChI=1S/C22H20N2O7S2/c1-29-20(25)16-11-31-13-24(19(16)21(26)30-2)15-8-9-17-18(10-15)32-22(23-17)33(27,28)12-14-6-4-3-5-7-14/h3-10H,11-13H2,1-2H3. The minimum atomic E-state index is -3.64. The van der Waals surface area contributed by atoms with Crippen LogP contribution in [-0.2, 0) is 39.4 Å². The zero-order valence-corrected chi connectivity index (χ0v) is 19.4. The molecule has 1 aromatic heterocycles. The number of sulfone groups is 1. The Morgan fingerprint density at radius 3 is 2.52 bits per heavy atom. The smallest absolute Gasteiger partial charge is 0.355 e. The zero-order valence-electron chi connectivity index (χ0n) is 17.8. The highest BCUT2D eigenvalue weighted by molar-refractivity contribution is 7.92. The van der Waals surface area contributed by atoms with Gasteiger partial charge in [-0.05, 0) is 23.8 Å². The first kappa shape index (κ1) is 22.9. The van der Waals surface area contributed by atoms with Crippen LogP contribution >= 0.6 is 11.3 Å². The van der Waals surface area contributed by atoms with E-state index >= 15 is 0 Å². The first-order valence-corrected chi connectivity index (χ1v) is 12.2. The van der Waals surface area contributed by atoms with Gasteiger partial charge in [0.25, 0.3) is 0 Å². The number of nitrogens with zero attached hydrogens (tertiary/aromatic N) is 2. The molecule has 0 saturated carbocycles. The lowest BCUT2D eigenvalue weighted by molar-refractivity contribution is -0.140. The molecule has 0 radical (unpaired) electrons. The number of carbonyl (C=O) groups is 2. The predicted molar refractivity (Wildman–Crippen MR) is 121 cm³/mol. The molecular weight excluding hydrogens is 468 g/mol. The number of methoxy groups -OCH3 is 2. The Morgan fingerprint density at radius 1 is 1.09 bits per heavy atom.